The third kappa shape index (κ3) is 2.96. The summed E-state index contributed by atoms with van der Waals surface area (Å²) >= 11 is 0. The van der Waals surface area contributed by atoms with Crippen LogP contribution in [-0.4, -0.2) is 64.8 Å². The number of amidine groups is 1. The summed E-state index contributed by atoms with van der Waals surface area (Å²) in [7, 11) is 1.72. The van der Waals surface area contributed by atoms with Crippen LogP contribution in [0.2, 0.25) is 0 Å². The number of aliphatic hydroxyl groups is 1. The molecule has 1 saturated heterocycles. The molecule has 1 aliphatic carbocycles. The van der Waals surface area contributed by atoms with Crippen LogP contribution in [0.25, 0.3) is 0 Å². The Hall–Kier alpha value is -2.21. The normalized spacial score (nSPS) is 27.6. The van der Waals surface area contributed by atoms with Gasteiger partial charge in [-0.15, -0.1) is 0 Å². The fourth-order valence-electron chi connectivity index (χ4n) is 5.06. The molecule has 0 radical (unpaired) electrons. The summed E-state index contributed by atoms with van der Waals surface area (Å²) < 4.78 is 0. The summed E-state index contributed by atoms with van der Waals surface area (Å²) in [6.07, 6.45) is 3.69. The molecular formula is C21H27N3O3. The summed E-state index contributed by atoms with van der Waals surface area (Å²) in [6.45, 7) is 3.31. The lowest BCUT2D eigenvalue weighted by Gasteiger charge is -2.46. The number of aryl methyl sites for hydroxylation is 1. The minimum absolute atomic E-state index is 0.0519. The predicted molar refractivity (Wildman–Crippen MR) is 103 cm³/mol. The Morgan fingerprint density at radius 2 is 1.89 bits per heavy atom. The smallest absolute Gasteiger partial charge is 0.278 e. The lowest BCUT2D eigenvalue weighted by molar-refractivity contribution is -0.149. The molecule has 6 nitrogen and oxygen atoms in total. The van der Waals surface area contributed by atoms with Gasteiger partial charge in [0.15, 0.2) is 6.10 Å². The molecule has 2 atom stereocenters. The van der Waals surface area contributed by atoms with Gasteiger partial charge in [-0.3, -0.25) is 9.59 Å². The molecule has 2 amide bonds. The zero-order valence-electron chi connectivity index (χ0n) is 16.0. The minimum atomic E-state index is -1.37. The largest absolute Gasteiger partial charge is 0.380 e. The first-order valence-corrected chi connectivity index (χ1v) is 9.80. The van der Waals surface area contributed by atoms with Gasteiger partial charge in [0.2, 0.25) is 5.91 Å². The van der Waals surface area contributed by atoms with Gasteiger partial charge in [-0.1, -0.05) is 37.1 Å². The molecule has 2 fully saturated rings. The van der Waals surface area contributed by atoms with Crippen molar-refractivity contribution in [2.45, 2.75) is 56.6 Å². The van der Waals surface area contributed by atoms with E-state index in [-0.39, 0.29) is 11.3 Å². The number of hydrogen-bond acceptors (Lipinski definition) is 4. The number of rotatable bonds is 3. The molecule has 4 rings (SSSR count). The number of fused-ring (bicyclic) bond motifs is 1. The Balaban J connectivity index is 1.71. The molecule has 2 unspecified atom stereocenters. The van der Waals surface area contributed by atoms with Gasteiger partial charge in [-0.2, -0.15) is 4.99 Å². The summed E-state index contributed by atoms with van der Waals surface area (Å²) in [5.41, 5.74) is 2.53. The zero-order chi connectivity index (χ0) is 19.2. The zero-order valence-corrected chi connectivity index (χ0v) is 16.0. The maximum absolute atomic E-state index is 12.6. The van der Waals surface area contributed by atoms with Crippen molar-refractivity contribution in [2.75, 3.05) is 20.1 Å². The highest BCUT2D eigenvalue weighted by atomic mass is 16.3. The molecule has 1 saturated carbocycles. The molecular weight excluding hydrogens is 342 g/mol. The average Bonchev–Trinajstić information content (AvgIpc) is 3.11. The fraction of sp³-hybridized carbons (Fsp3) is 0.571. The first-order valence-electron chi connectivity index (χ1n) is 9.80. The lowest BCUT2D eigenvalue weighted by atomic mass is 9.73. The number of piperazine rings is 1. The minimum Gasteiger partial charge on any atom is -0.380 e. The molecule has 2 aliphatic heterocycles. The van der Waals surface area contributed by atoms with E-state index in [4.69, 9.17) is 0 Å². The van der Waals surface area contributed by atoms with Gasteiger partial charge in [0, 0.05) is 32.0 Å². The van der Waals surface area contributed by atoms with Crippen LogP contribution < -0.4 is 0 Å². The predicted octanol–water partition coefficient (Wildman–Crippen LogP) is 1.64. The highest BCUT2D eigenvalue weighted by Crippen LogP contribution is 2.46. The van der Waals surface area contributed by atoms with Crippen molar-refractivity contribution in [2.24, 2.45) is 4.99 Å². The second-order valence-electron chi connectivity index (χ2n) is 8.19. The van der Waals surface area contributed by atoms with E-state index in [2.05, 4.69) is 36.2 Å². The molecule has 3 aliphatic rings. The van der Waals surface area contributed by atoms with Crippen molar-refractivity contribution in [1.82, 2.24) is 9.80 Å². The highest BCUT2D eigenvalue weighted by molar-refractivity contribution is 6.05. The van der Waals surface area contributed by atoms with E-state index in [1.165, 1.54) is 11.1 Å². The highest BCUT2D eigenvalue weighted by Gasteiger charge is 2.48. The molecule has 0 aromatic heterocycles. The topological polar surface area (TPSA) is 73.2 Å². The molecule has 1 aromatic carbocycles. The van der Waals surface area contributed by atoms with E-state index in [1.807, 2.05) is 4.90 Å². The number of amides is 2. The SMILES string of the molecule is Cc1ccccc1C1(CC2=NC(=O)C(O)C3C(=O)N(C)CCN23)CCCC1. The van der Waals surface area contributed by atoms with E-state index in [0.717, 1.165) is 25.7 Å². The van der Waals surface area contributed by atoms with Gasteiger partial charge >= 0.3 is 0 Å². The Kier molecular flexibility index (Phi) is 4.54. The van der Waals surface area contributed by atoms with Crippen LogP contribution in [0.5, 0.6) is 0 Å². The monoisotopic (exact) mass is 369 g/mol. The van der Waals surface area contributed by atoms with Crippen LogP contribution in [0.15, 0.2) is 29.3 Å². The lowest BCUT2D eigenvalue weighted by Crippen LogP contribution is -2.65. The van der Waals surface area contributed by atoms with Crippen molar-refractivity contribution < 1.29 is 14.7 Å². The summed E-state index contributed by atoms with van der Waals surface area (Å²) in [6, 6.07) is 7.61. The van der Waals surface area contributed by atoms with Gasteiger partial charge < -0.3 is 14.9 Å². The van der Waals surface area contributed by atoms with Crippen LogP contribution in [-0.2, 0) is 15.0 Å². The molecule has 144 valence electrons. The third-order valence-electron chi connectivity index (χ3n) is 6.54. The number of carbonyl (C=O) groups excluding carboxylic acids is 2. The van der Waals surface area contributed by atoms with Crippen molar-refractivity contribution in [3.8, 4) is 0 Å². The number of aliphatic hydroxyl groups excluding tert-OH is 1. The quantitative estimate of drug-likeness (QED) is 0.879. The summed E-state index contributed by atoms with van der Waals surface area (Å²) in [4.78, 5) is 32.7. The number of likely N-dealkylation sites (N-methyl/N-ethyl adjacent to an activating group) is 1. The van der Waals surface area contributed by atoms with Crippen LogP contribution >= 0.6 is 0 Å². The summed E-state index contributed by atoms with van der Waals surface area (Å²) in [5, 5.41) is 10.3. The van der Waals surface area contributed by atoms with Crippen LogP contribution in [0.1, 0.15) is 43.2 Å². The van der Waals surface area contributed by atoms with Crippen LogP contribution in [0.4, 0.5) is 0 Å². The second-order valence-corrected chi connectivity index (χ2v) is 8.19. The number of nitrogens with zero attached hydrogens (tertiary/aromatic N) is 3. The maximum Gasteiger partial charge on any atom is 0.278 e. The summed E-state index contributed by atoms with van der Waals surface area (Å²) in [5.74, 6) is -0.124. The third-order valence-corrected chi connectivity index (χ3v) is 6.54. The molecule has 27 heavy (non-hydrogen) atoms. The van der Waals surface area contributed by atoms with E-state index < -0.39 is 18.1 Å². The van der Waals surface area contributed by atoms with Crippen molar-refractivity contribution >= 4 is 17.6 Å². The molecule has 0 bridgehead atoms. The van der Waals surface area contributed by atoms with Gasteiger partial charge in [0.05, 0.1) is 0 Å². The Bertz CT molecular complexity index is 798. The molecule has 0 spiro atoms. The van der Waals surface area contributed by atoms with E-state index in [0.29, 0.717) is 25.3 Å². The molecule has 1 N–H and O–H groups in total. The first kappa shape index (κ1) is 18.2. The number of carbonyl (C=O) groups is 2. The molecule has 1 aromatic rings. The van der Waals surface area contributed by atoms with Crippen molar-refractivity contribution in [3.05, 3.63) is 35.4 Å². The van der Waals surface area contributed by atoms with E-state index >= 15 is 0 Å². The standard InChI is InChI=1S/C21H27N3O3/c1-14-7-3-4-8-15(14)21(9-5-6-10-21)13-16-22-19(26)18(25)17-20(27)23(2)11-12-24(16)17/h3-4,7-8,17-18,25H,5-6,9-13H2,1-2H3. The maximum atomic E-state index is 12.6. The van der Waals surface area contributed by atoms with Gasteiger partial charge in [-0.05, 0) is 30.9 Å². The number of benzene rings is 1. The van der Waals surface area contributed by atoms with E-state index in [9.17, 15) is 14.7 Å². The van der Waals surface area contributed by atoms with Gasteiger partial charge in [0.1, 0.15) is 11.9 Å². The van der Waals surface area contributed by atoms with Crippen molar-refractivity contribution in [3.63, 3.8) is 0 Å². The number of aliphatic imine (C=N–C) groups is 1. The van der Waals surface area contributed by atoms with Crippen LogP contribution in [0, 0.1) is 6.92 Å². The first-order chi connectivity index (χ1) is 12.9. The Morgan fingerprint density at radius 1 is 1.19 bits per heavy atom. The fourth-order valence-corrected chi connectivity index (χ4v) is 5.06. The van der Waals surface area contributed by atoms with Crippen molar-refractivity contribution in [1.29, 1.82) is 0 Å². The Morgan fingerprint density at radius 3 is 2.59 bits per heavy atom. The van der Waals surface area contributed by atoms with Gasteiger partial charge in [0.25, 0.3) is 5.91 Å². The molecule has 6 heteroatoms. The second kappa shape index (κ2) is 6.75. The Labute approximate surface area is 159 Å². The average molecular weight is 369 g/mol. The number of hydrogen-bond donors (Lipinski definition) is 1. The van der Waals surface area contributed by atoms with E-state index in [1.54, 1.807) is 11.9 Å². The van der Waals surface area contributed by atoms with Gasteiger partial charge in [-0.25, -0.2) is 0 Å². The molecule has 2 heterocycles. The van der Waals surface area contributed by atoms with Crippen LogP contribution in [0.3, 0.4) is 0 Å².